The number of nitrogens with zero attached hydrogens (tertiary/aromatic N) is 2. The molecular weight excluding hydrogens is 336 g/mol. The van der Waals surface area contributed by atoms with Crippen LogP contribution in [0.1, 0.15) is 35.4 Å². The van der Waals surface area contributed by atoms with E-state index in [0.29, 0.717) is 0 Å². The quantitative estimate of drug-likeness (QED) is 0.667. The van der Waals surface area contributed by atoms with Gasteiger partial charge in [-0.05, 0) is 11.6 Å². The first kappa shape index (κ1) is 15.9. The Morgan fingerprint density at radius 1 is 0.926 bits per heavy atom. The van der Waals surface area contributed by atoms with Gasteiger partial charge in [-0.15, -0.1) is 0 Å². The van der Waals surface area contributed by atoms with Crippen molar-refractivity contribution in [1.29, 1.82) is 0 Å². The standard InChI is InChI=1S/C23H20N2O2/c1-26-21-14-8-13-18-20-15-19(16-9-4-2-5-10-16)24-25(20)23(27-22(18)21)17-11-6-3-7-12-17/h2-14,20,23H,15H2,1H3/t20-,23-/m1/s1. The summed E-state index contributed by atoms with van der Waals surface area (Å²) in [5.41, 5.74) is 4.44. The van der Waals surface area contributed by atoms with Crippen LogP contribution in [0, 0.1) is 0 Å². The molecule has 3 aromatic carbocycles. The van der Waals surface area contributed by atoms with E-state index in [-0.39, 0.29) is 12.3 Å². The molecule has 2 atom stereocenters. The van der Waals surface area contributed by atoms with Gasteiger partial charge in [0.2, 0.25) is 6.23 Å². The van der Waals surface area contributed by atoms with Crippen molar-refractivity contribution >= 4 is 5.71 Å². The summed E-state index contributed by atoms with van der Waals surface area (Å²) in [6.45, 7) is 0. The predicted molar refractivity (Wildman–Crippen MR) is 105 cm³/mol. The predicted octanol–water partition coefficient (Wildman–Crippen LogP) is 4.94. The zero-order valence-corrected chi connectivity index (χ0v) is 15.1. The van der Waals surface area contributed by atoms with E-state index in [9.17, 15) is 0 Å². The van der Waals surface area contributed by atoms with Crippen LogP contribution in [0.4, 0.5) is 0 Å². The minimum absolute atomic E-state index is 0.129. The second kappa shape index (κ2) is 6.47. The first-order valence-corrected chi connectivity index (χ1v) is 9.15. The highest BCUT2D eigenvalue weighted by Gasteiger charge is 2.41. The van der Waals surface area contributed by atoms with Gasteiger partial charge in [0.1, 0.15) is 0 Å². The SMILES string of the molecule is COc1cccc2c1O[C@H](c1ccccc1)N1N=C(c3ccccc3)C[C@H]21. The van der Waals surface area contributed by atoms with E-state index in [1.807, 2.05) is 36.4 Å². The van der Waals surface area contributed by atoms with E-state index in [1.54, 1.807) is 7.11 Å². The molecule has 134 valence electrons. The number of rotatable bonds is 3. The lowest BCUT2D eigenvalue weighted by atomic mass is 9.95. The fourth-order valence-corrected chi connectivity index (χ4v) is 3.89. The van der Waals surface area contributed by atoms with E-state index in [2.05, 4.69) is 47.5 Å². The van der Waals surface area contributed by atoms with Crippen molar-refractivity contribution in [2.75, 3.05) is 7.11 Å². The molecule has 4 nitrogen and oxygen atoms in total. The summed E-state index contributed by atoms with van der Waals surface area (Å²) in [7, 11) is 1.68. The van der Waals surface area contributed by atoms with Gasteiger partial charge in [0.25, 0.3) is 0 Å². The molecule has 0 bridgehead atoms. The Balaban J connectivity index is 1.63. The van der Waals surface area contributed by atoms with Crippen molar-refractivity contribution < 1.29 is 9.47 Å². The first-order chi connectivity index (χ1) is 13.3. The Bertz CT molecular complexity index is 986. The highest BCUT2D eigenvalue weighted by molar-refractivity contribution is 6.01. The van der Waals surface area contributed by atoms with Crippen molar-refractivity contribution in [3.05, 3.63) is 95.6 Å². The Morgan fingerprint density at radius 3 is 2.41 bits per heavy atom. The molecule has 3 aromatic rings. The minimum atomic E-state index is -0.277. The van der Waals surface area contributed by atoms with Gasteiger partial charge in [-0.2, -0.15) is 5.10 Å². The molecule has 2 heterocycles. The molecular formula is C23H20N2O2. The molecule has 0 unspecified atom stereocenters. The maximum Gasteiger partial charge on any atom is 0.214 e. The van der Waals surface area contributed by atoms with Gasteiger partial charge in [0.15, 0.2) is 11.5 Å². The second-order valence-electron chi connectivity index (χ2n) is 6.77. The molecule has 0 saturated carbocycles. The summed E-state index contributed by atoms with van der Waals surface area (Å²) in [6.07, 6.45) is 0.567. The number of methoxy groups -OCH3 is 1. The van der Waals surface area contributed by atoms with Gasteiger partial charge in [-0.1, -0.05) is 72.8 Å². The molecule has 4 heteroatoms. The van der Waals surface area contributed by atoms with Crippen LogP contribution in [0.15, 0.2) is 84.0 Å². The third-order valence-electron chi connectivity index (χ3n) is 5.19. The molecule has 0 amide bonds. The Morgan fingerprint density at radius 2 is 1.67 bits per heavy atom. The maximum atomic E-state index is 6.43. The maximum absolute atomic E-state index is 6.43. The summed E-state index contributed by atoms with van der Waals surface area (Å²) in [5.74, 6) is 1.58. The normalized spacial score (nSPS) is 20.3. The highest BCUT2D eigenvalue weighted by atomic mass is 16.5. The molecule has 0 fully saturated rings. The van der Waals surface area contributed by atoms with Crippen LogP contribution in [0.3, 0.4) is 0 Å². The smallest absolute Gasteiger partial charge is 0.214 e. The lowest BCUT2D eigenvalue weighted by molar-refractivity contribution is -0.0209. The van der Waals surface area contributed by atoms with Crippen molar-refractivity contribution in [1.82, 2.24) is 5.01 Å². The number of hydrogen-bond donors (Lipinski definition) is 0. The topological polar surface area (TPSA) is 34.1 Å². The van der Waals surface area contributed by atoms with Gasteiger partial charge in [-0.3, -0.25) is 0 Å². The van der Waals surface area contributed by atoms with Crippen molar-refractivity contribution in [3.8, 4) is 11.5 Å². The lowest BCUT2D eigenvalue weighted by Crippen LogP contribution is -2.33. The van der Waals surface area contributed by atoms with E-state index in [0.717, 1.165) is 40.3 Å². The number of hydrogen-bond acceptors (Lipinski definition) is 4. The fraction of sp³-hybridized carbons (Fsp3) is 0.174. The van der Waals surface area contributed by atoms with Gasteiger partial charge < -0.3 is 9.47 Å². The average molecular weight is 356 g/mol. The van der Waals surface area contributed by atoms with Crippen LogP contribution in [0.2, 0.25) is 0 Å². The fourth-order valence-electron chi connectivity index (χ4n) is 3.89. The second-order valence-corrected chi connectivity index (χ2v) is 6.77. The molecule has 5 rings (SSSR count). The molecule has 0 saturated heterocycles. The van der Waals surface area contributed by atoms with Crippen LogP contribution >= 0.6 is 0 Å². The summed E-state index contributed by atoms with van der Waals surface area (Å²) >= 11 is 0. The summed E-state index contributed by atoms with van der Waals surface area (Å²) < 4.78 is 12.0. The number of hydrazone groups is 1. The molecule has 27 heavy (non-hydrogen) atoms. The van der Waals surface area contributed by atoms with Gasteiger partial charge >= 0.3 is 0 Å². The van der Waals surface area contributed by atoms with Gasteiger partial charge in [0, 0.05) is 17.5 Å². The Kier molecular flexibility index (Phi) is 3.82. The van der Waals surface area contributed by atoms with Crippen molar-refractivity contribution in [3.63, 3.8) is 0 Å². The molecule has 0 aliphatic carbocycles. The van der Waals surface area contributed by atoms with Crippen LogP contribution in [0.5, 0.6) is 11.5 Å². The Hall–Kier alpha value is -3.27. The number of fused-ring (bicyclic) bond motifs is 3. The molecule has 2 aliphatic heterocycles. The third kappa shape index (κ3) is 2.65. The van der Waals surface area contributed by atoms with Crippen LogP contribution in [-0.2, 0) is 0 Å². The van der Waals surface area contributed by atoms with Crippen LogP contribution in [-0.4, -0.2) is 17.8 Å². The first-order valence-electron chi connectivity index (χ1n) is 9.15. The van der Waals surface area contributed by atoms with E-state index >= 15 is 0 Å². The van der Waals surface area contributed by atoms with Crippen LogP contribution in [0.25, 0.3) is 0 Å². The molecule has 0 spiro atoms. The number of ether oxygens (including phenoxy) is 2. The zero-order chi connectivity index (χ0) is 18.2. The molecule has 0 aromatic heterocycles. The zero-order valence-electron chi connectivity index (χ0n) is 15.1. The van der Waals surface area contributed by atoms with E-state index < -0.39 is 0 Å². The Labute approximate surface area is 158 Å². The number of para-hydroxylation sites is 1. The lowest BCUT2D eigenvalue weighted by Gasteiger charge is -2.38. The minimum Gasteiger partial charge on any atom is -0.493 e. The summed E-state index contributed by atoms with van der Waals surface area (Å²) in [4.78, 5) is 0. The van der Waals surface area contributed by atoms with Crippen molar-refractivity contribution in [2.24, 2.45) is 5.10 Å². The van der Waals surface area contributed by atoms with Crippen LogP contribution < -0.4 is 9.47 Å². The molecule has 2 aliphatic rings. The molecule has 0 radical (unpaired) electrons. The largest absolute Gasteiger partial charge is 0.493 e. The third-order valence-corrected chi connectivity index (χ3v) is 5.19. The molecule has 0 N–H and O–H groups in total. The van der Waals surface area contributed by atoms with Gasteiger partial charge in [-0.25, -0.2) is 5.01 Å². The van der Waals surface area contributed by atoms with Gasteiger partial charge in [0.05, 0.1) is 18.9 Å². The van der Waals surface area contributed by atoms with E-state index in [4.69, 9.17) is 14.6 Å². The average Bonchev–Trinajstić information content (AvgIpc) is 3.20. The summed E-state index contributed by atoms with van der Waals surface area (Å²) in [5, 5.41) is 7.07. The number of benzene rings is 3. The monoisotopic (exact) mass is 356 g/mol. The summed E-state index contributed by atoms with van der Waals surface area (Å²) in [6, 6.07) is 26.8. The van der Waals surface area contributed by atoms with E-state index in [1.165, 1.54) is 0 Å². The highest BCUT2D eigenvalue weighted by Crippen LogP contribution is 2.50. The van der Waals surface area contributed by atoms with Crippen molar-refractivity contribution in [2.45, 2.75) is 18.7 Å².